The van der Waals surface area contributed by atoms with Gasteiger partial charge in [-0.2, -0.15) is 0 Å². The number of rotatable bonds is 3. The molecule has 0 saturated heterocycles. The van der Waals surface area contributed by atoms with Crippen molar-refractivity contribution in [2.45, 2.75) is 25.7 Å². The lowest BCUT2D eigenvalue weighted by Gasteiger charge is -2.24. The summed E-state index contributed by atoms with van der Waals surface area (Å²) in [4.78, 5) is 11.6. The molecule has 86 valence electrons. The van der Waals surface area contributed by atoms with Crippen molar-refractivity contribution in [3.63, 3.8) is 0 Å². The molecule has 1 aromatic carbocycles. The van der Waals surface area contributed by atoms with Gasteiger partial charge in [-0.3, -0.25) is 4.79 Å². The minimum Gasteiger partial charge on any atom is -0.324 e. The molecule has 1 aliphatic rings. The summed E-state index contributed by atoms with van der Waals surface area (Å²) in [6, 6.07) is 4.62. The lowest BCUT2D eigenvalue weighted by atomic mass is 9.83. The average Bonchev–Trinajstić information content (AvgIpc) is 2.16. The largest absolute Gasteiger partial charge is 0.324 e. The normalized spacial score (nSPS) is 15.6. The third-order valence-corrected chi connectivity index (χ3v) is 3.40. The highest BCUT2D eigenvalue weighted by Crippen LogP contribution is 2.29. The summed E-state index contributed by atoms with van der Waals surface area (Å²) in [5.41, 5.74) is 0.257. The van der Waals surface area contributed by atoms with Crippen molar-refractivity contribution in [3.8, 4) is 0 Å². The van der Waals surface area contributed by atoms with E-state index in [1.165, 1.54) is 12.5 Å². The first-order chi connectivity index (χ1) is 7.65. The molecule has 0 atom stereocenters. The highest BCUT2D eigenvalue weighted by molar-refractivity contribution is 9.10. The summed E-state index contributed by atoms with van der Waals surface area (Å²) < 4.78 is 14.1. The van der Waals surface area contributed by atoms with Crippen LogP contribution < -0.4 is 5.32 Å². The molecule has 2 nitrogen and oxygen atoms in total. The number of carbonyl (C=O) groups excluding carboxylic acids is 1. The van der Waals surface area contributed by atoms with E-state index in [0.29, 0.717) is 16.8 Å². The highest BCUT2D eigenvalue weighted by atomic mass is 79.9. The Balaban J connectivity index is 1.94. The van der Waals surface area contributed by atoms with E-state index >= 15 is 0 Å². The first-order valence-corrected chi connectivity index (χ1v) is 6.19. The van der Waals surface area contributed by atoms with E-state index in [9.17, 15) is 9.18 Å². The summed E-state index contributed by atoms with van der Waals surface area (Å²) in [6.07, 6.45) is 3.96. The zero-order chi connectivity index (χ0) is 11.5. The van der Waals surface area contributed by atoms with Crippen molar-refractivity contribution in [1.29, 1.82) is 0 Å². The van der Waals surface area contributed by atoms with Crippen LogP contribution in [0, 0.1) is 11.7 Å². The standard InChI is InChI=1S/C12H13BrFNO/c13-9-4-5-11(10(14)7-9)15-12(16)6-8-2-1-3-8/h4-5,7-8H,1-3,6H2,(H,15,16). The second-order valence-corrected chi connectivity index (χ2v) is 5.09. The molecule has 1 aromatic rings. The van der Waals surface area contributed by atoms with E-state index in [2.05, 4.69) is 21.2 Å². The van der Waals surface area contributed by atoms with Crippen LogP contribution >= 0.6 is 15.9 Å². The van der Waals surface area contributed by atoms with Gasteiger partial charge in [0.1, 0.15) is 5.82 Å². The molecule has 1 fully saturated rings. The summed E-state index contributed by atoms with van der Waals surface area (Å²) in [5, 5.41) is 2.60. The van der Waals surface area contributed by atoms with Crippen molar-refractivity contribution in [3.05, 3.63) is 28.5 Å². The topological polar surface area (TPSA) is 29.1 Å². The monoisotopic (exact) mass is 285 g/mol. The average molecular weight is 286 g/mol. The Labute approximate surface area is 102 Å². The lowest BCUT2D eigenvalue weighted by Crippen LogP contribution is -2.21. The highest BCUT2D eigenvalue weighted by Gasteiger charge is 2.20. The summed E-state index contributed by atoms with van der Waals surface area (Å²) in [5.74, 6) is 0.000710. The van der Waals surface area contributed by atoms with Crippen LogP contribution in [0.1, 0.15) is 25.7 Å². The predicted octanol–water partition coefficient (Wildman–Crippen LogP) is 3.72. The van der Waals surface area contributed by atoms with Crippen LogP contribution in [0.4, 0.5) is 10.1 Å². The number of halogens is 2. The van der Waals surface area contributed by atoms with Gasteiger partial charge in [0.15, 0.2) is 0 Å². The number of hydrogen-bond acceptors (Lipinski definition) is 1. The van der Waals surface area contributed by atoms with E-state index in [0.717, 1.165) is 12.8 Å². The Morgan fingerprint density at radius 1 is 1.50 bits per heavy atom. The maximum absolute atomic E-state index is 13.4. The van der Waals surface area contributed by atoms with Gasteiger partial charge in [-0.15, -0.1) is 0 Å². The first-order valence-electron chi connectivity index (χ1n) is 5.40. The molecule has 1 N–H and O–H groups in total. The van der Waals surface area contributed by atoms with Gasteiger partial charge < -0.3 is 5.32 Å². The van der Waals surface area contributed by atoms with Crippen LogP contribution in [0.2, 0.25) is 0 Å². The van der Waals surface area contributed by atoms with Crippen LogP contribution in [0.15, 0.2) is 22.7 Å². The number of amides is 1. The number of benzene rings is 1. The minimum absolute atomic E-state index is 0.0917. The first kappa shape index (κ1) is 11.6. The summed E-state index contributed by atoms with van der Waals surface area (Å²) in [6.45, 7) is 0. The van der Waals surface area contributed by atoms with Gasteiger partial charge >= 0.3 is 0 Å². The molecule has 0 radical (unpaired) electrons. The third kappa shape index (κ3) is 2.82. The predicted molar refractivity (Wildman–Crippen MR) is 64.7 cm³/mol. The number of anilines is 1. The molecule has 0 aliphatic heterocycles. The van der Waals surface area contributed by atoms with Crippen molar-refractivity contribution < 1.29 is 9.18 Å². The minimum atomic E-state index is -0.406. The molecule has 0 spiro atoms. The van der Waals surface area contributed by atoms with Crippen molar-refractivity contribution in [2.75, 3.05) is 5.32 Å². The van der Waals surface area contributed by atoms with E-state index in [1.54, 1.807) is 12.1 Å². The fourth-order valence-electron chi connectivity index (χ4n) is 1.75. The van der Waals surface area contributed by atoms with Crippen LogP contribution in [0.3, 0.4) is 0 Å². The lowest BCUT2D eigenvalue weighted by molar-refractivity contribution is -0.117. The number of carbonyl (C=O) groups is 1. The molecule has 16 heavy (non-hydrogen) atoms. The molecule has 1 amide bonds. The van der Waals surface area contributed by atoms with E-state index in [4.69, 9.17) is 0 Å². The number of hydrogen-bond donors (Lipinski definition) is 1. The Morgan fingerprint density at radius 3 is 2.81 bits per heavy atom. The van der Waals surface area contributed by atoms with Crippen LogP contribution in [0.5, 0.6) is 0 Å². The van der Waals surface area contributed by atoms with Crippen LogP contribution in [-0.4, -0.2) is 5.91 Å². The van der Waals surface area contributed by atoms with Gasteiger partial charge in [-0.25, -0.2) is 4.39 Å². The molecular weight excluding hydrogens is 273 g/mol. The zero-order valence-corrected chi connectivity index (χ0v) is 10.4. The van der Waals surface area contributed by atoms with E-state index < -0.39 is 5.82 Å². The van der Waals surface area contributed by atoms with E-state index in [1.807, 2.05) is 0 Å². The maximum Gasteiger partial charge on any atom is 0.224 e. The molecular formula is C12H13BrFNO. The summed E-state index contributed by atoms with van der Waals surface area (Å²) in [7, 11) is 0. The van der Waals surface area contributed by atoms with Gasteiger partial charge in [-0.05, 0) is 37.0 Å². The molecule has 0 unspecified atom stereocenters. The third-order valence-electron chi connectivity index (χ3n) is 2.90. The zero-order valence-electron chi connectivity index (χ0n) is 8.80. The van der Waals surface area contributed by atoms with E-state index in [-0.39, 0.29) is 11.6 Å². The van der Waals surface area contributed by atoms with Gasteiger partial charge in [-0.1, -0.05) is 22.4 Å². The van der Waals surface area contributed by atoms with Gasteiger partial charge in [0.05, 0.1) is 5.69 Å². The van der Waals surface area contributed by atoms with Gasteiger partial charge in [0.2, 0.25) is 5.91 Å². The van der Waals surface area contributed by atoms with Crippen LogP contribution in [0.25, 0.3) is 0 Å². The van der Waals surface area contributed by atoms with Gasteiger partial charge in [0.25, 0.3) is 0 Å². The van der Waals surface area contributed by atoms with Crippen molar-refractivity contribution >= 4 is 27.5 Å². The Bertz CT molecular complexity index is 404. The Hall–Kier alpha value is -0.900. The Morgan fingerprint density at radius 2 is 2.25 bits per heavy atom. The maximum atomic E-state index is 13.4. The fraction of sp³-hybridized carbons (Fsp3) is 0.417. The molecule has 1 aliphatic carbocycles. The second kappa shape index (κ2) is 4.95. The van der Waals surface area contributed by atoms with Gasteiger partial charge in [0, 0.05) is 10.9 Å². The molecule has 0 heterocycles. The van der Waals surface area contributed by atoms with Crippen LogP contribution in [-0.2, 0) is 4.79 Å². The molecule has 1 saturated carbocycles. The summed E-state index contributed by atoms with van der Waals surface area (Å²) >= 11 is 3.17. The SMILES string of the molecule is O=C(CC1CCC1)Nc1ccc(Br)cc1F. The molecule has 0 aromatic heterocycles. The fourth-order valence-corrected chi connectivity index (χ4v) is 2.08. The van der Waals surface area contributed by atoms with Crippen molar-refractivity contribution in [2.24, 2.45) is 5.92 Å². The smallest absolute Gasteiger partial charge is 0.224 e. The molecule has 2 rings (SSSR count). The second-order valence-electron chi connectivity index (χ2n) is 4.17. The molecule has 0 bridgehead atoms. The number of nitrogens with one attached hydrogen (secondary N) is 1. The Kier molecular flexibility index (Phi) is 3.59. The molecule has 4 heteroatoms. The quantitative estimate of drug-likeness (QED) is 0.901. The van der Waals surface area contributed by atoms with Crippen molar-refractivity contribution in [1.82, 2.24) is 0 Å².